The third-order valence-corrected chi connectivity index (χ3v) is 6.05. The Balaban J connectivity index is 1.98. The molecule has 170 valence electrons. The molecule has 0 aliphatic rings. The number of hydrogen-bond donors (Lipinski definition) is 2. The normalized spacial score (nSPS) is 10.9. The van der Waals surface area contributed by atoms with E-state index in [9.17, 15) is 24.0 Å². The first-order valence-corrected chi connectivity index (χ1v) is 10.4. The van der Waals surface area contributed by atoms with Gasteiger partial charge in [-0.1, -0.05) is 0 Å². The van der Waals surface area contributed by atoms with E-state index in [1.165, 1.54) is 36.6 Å². The van der Waals surface area contributed by atoms with E-state index in [1.54, 1.807) is 13.8 Å². The first-order valence-electron chi connectivity index (χ1n) is 9.55. The highest BCUT2D eigenvalue weighted by atomic mass is 32.1. The molecular formula is C19H22N6O6S. The van der Waals surface area contributed by atoms with E-state index < -0.39 is 29.0 Å². The van der Waals surface area contributed by atoms with Gasteiger partial charge in [-0.05, 0) is 19.4 Å². The van der Waals surface area contributed by atoms with Crippen LogP contribution in [0.25, 0.3) is 11.2 Å². The fourth-order valence-electron chi connectivity index (χ4n) is 3.22. The van der Waals surface area contributed by atoms with Gasteiger partial charge in [0.25, 0.3) is 11.5 Å². The molecular weight excluding hydrogens is 440 g/mol. The fourth-order valence-corrected chi connectivity index (χ4v) is 4.38. The Morgan fingerprint density at radius 2 is 1.88 bits per heavy atom. The number of thiophene rings is 1. The molecule has 0 bridgehead atoms. The van der Waals surface area contributed by atoms with Gasteiger partial charge in [0.2, 0.25) is 5.91 Å². The number of anilines is 1. The van der Waals surface area contributed by atoms with Crippen LogP contribution in [0.5, 0.6) is 0 Å². The van der Waals surface area contributed by atoms with Crippen LogP contribution < -0.4 is 21.9 Å². The van der Waals surface area contributed by atoms with E-state index in [0.717, 1.165) is 15.9 Å². The fraction of sp³-hybridized carbons (Fsp3) is 0.368. The lowest BCUT2D eigenvalue weighted by molar-refractivity contribution is -0.116. The molecule has 0 unspecified atom stereocenters. The van der Waals surface area contributed by atoms with Crippen molar-refractivity contribution in [2.45, 2.75) is 20.4 Å². The quantitative estimate of drug-likeness (QED) is 0.489. The number of aromatic nitrogens is 4. The second kappa shape index (κ2) is 8.78. The van der Waals surface area contributed by atoms with E-state index >= 15 is 0 Å². The lowest BCUT2D eigenvalue weighted by atomic mass is 10.1. The summed E-state index contributed by atoms with van der Waals surface area (Å²) in [6, 6.07) is 0. The average molecular weight is 462 g/mol. The number of nitrogens with one attached hydrogen (secondary N) is 2. The smallest absolute Gasteiger partial charge is 0.341 e. The standard InChI is InChI=1S/C19H22N6O6S/c1-6-31-18(29)11-9(2)13(15(27)20-3)32-16(11)22-10(26)7-25-8-21-14-12(25)17(28)24(5)19(30)23(14)4/h8H,6-7H2,1-5H3,(H,20,27)(H,22,26). The van der Waals surface area contributed by atoms with E-state index in [-0.39, 0.29) is 39.8 Å². The number of ether oxygens (including phenoxy) is 1. The Morgan fingerprint density at radius 1 is 1.19 bits per heavy atom. The number of fused-ring (bicyclic) bond motifs is 1. The topological polar surface area (TPSA) is 146 Å². The molecule has 0 atom stereocenters. The van der Waals surface area contributed by atoms with Gasteiger partial charge >= 0.3 is 11.7 Å². The molecule has 3 heterocycles. The molecule has 0 saturated heterocycles. The predicted molar refractivity (Wildman–Crippen MR) is 117 cm³/mol. The van der Waals surface area contributed by atoms with Crippen molar-refractivity contribution in [2.24, 2.45) is 14.1 Å². The minimum atomic E-state index is -0.663. The summed E-state index contributed by atoms with van der Waals surface area (Å²) in [6.07, 6.45) is 1.28. The molecule has 3 rings (SSSR count). The second-order valence-electron chi connectivity index (χ2n) is 6.86. The molecule has 0 radical (unpaired) electrons. The largest absolute Gasteiger partial charge is 0.462 e. The van der Waals surface area contributed by atoms with E-state index in [2.05, 4.69) is 15.6 Å². The van der Waals surface area contributed by atoms with Crippen LogP contribution in [0.15, 0.2) is 15.9 Å². The van der Waals surface area contributed by atoms with Gasteiger partial charge in [-0.15, -0.1) is 11.3 Å². The molecule has 0 fully saturated rings. The first kappa shape index (κ1) is 22.9. The van der Waals surface area contributed by atoms with Gasteiger partial charge in [0, 0.05) is 21.1 Å². The lowest BCUT2D eigenvalue weighted by Crippen LogP contribution is -2.37. The molecule has 2 amide bonds. The van der Waals surface area contributed by atoms with E-state index in [1.807, 2.05) is 0 Å². The number of nitrogens with zero attached hydrogens (tertiary/aromatic N) is 4. The Hall–Kier alpha value is -3.74. The van der Waals surface area contributed by atoms with Crippen molar-refractivity contribution < 1.29 is 19.1 Å². The molecule has 3 aromatic rings. The number of hydrogen-bond acceptors (Lipinski definition) is 8. The first-order chi connectivity index (χ1) is 15.1. The maximum atomic E-state index is 12.8. The summed E-state index contributed by atoms with van der Waals surface area (Å²) in [4.78, 5) is 66.3. The van der Waals surface area contributed by atoms with Crippen LogP contribution in [0.2, 0.25) is 0 Å². The monoisotopic (exact) mass is 462 g/mol. The van der Waals surface area contributed by atoms with Gasteiger partial charge in [0.05, 0.1) is 23.4 Å². The summed E-state index contributed by atoms with van der Waals surface area (Å²) in [5.74, 6) is -1.62. The number of amides is 2. The van der Waals surface area contributed by atoms with Crippen LogP contribution in [0.4, 0.5) is 5.00 Å². The van der Waals surface area contributed by atoms with Crippen molar-refractivity contribution in [3.8, 4) is 0 Å². The Labute approximate surface area is 185 Å². The Kier molecular flexibility index (Phi) is 6.30. The zero-order valence-electron chi connectivity index (χ0n) is 18.1. The van der Waals surface area contributed by atoms with Gasteiger partial charge in [-0.25, -0.2) is 14.6 Å². The number of esters is 1. The minimum absolute atomic E-state index is 0.0868. The summed E-state index contributed by atoms with van der Waals surface area (Å²) < 4.78 is 8.52. The second-order valence-corrected chi connectivity index (χ2v) is 7.88. The zero-order chi connectivity index (χ0) is 23.7. The molecule has 0 aliphatic heterocycles. The highest BCUT2D eigenvalue weighted by Crippen LogP contribution is 2.33. The maximum absolute atomic E-state index is 12.8. The number of rotatable bonds is 6. The summed E-state index contributed by atoms with van der Waals surface area (Å²) in [5.41, 5.74) is -0.407. The van der Waals surface area contributed by atoms with Gasteiger partial charge in [0.15, 0.2) is 11.2 Å². The number of imidazole rings is 1. The molecule has 0 aliphatic carbocycles. The molecule has 32 heavy (non-hydrogen) atoms. The number of carbonyl (C=O) groups excluding carboxylic acids is 3. The lowest BCUT2D eigenvalue weighted by Gasteiger charge is -2.09. The van der Waals surface area contributed by atoms with Gasteiger partial charge in [-0.2, -0.15) is 0 Å². The van der Waals surface area contributed by atoms with Crippen molar-refractivity contribution in [1.82, 2.24) is 24.0 Å². The van der Waals surface area contributed by atoms with Crippen LogP contribution in [0.1, 0.15) is 32.5 Å². The van der Waals surface area contributed by atoms with E-state index in [0.29, 0.717) is 5.56 Å². The highest BCUT2D eigenvalue weighted by Gasteiger charge is 2.26. The molecule has 0 spiro atoms. The summed E-state index contributed by atoms with van der Waals surface area (Å²) >= 11 is 0.947. The molecule has 12 nitrogen and oxygen atoms in total. The summed E-state index contributed by atoms with van der Waals surface area (Å²) in [5, 5.41) is 5.28. The highest BCUT2D eigenvalue weighted by molar-refractivity contribution is 7.18. The summed E-state index contributed by atoms with van der Waals surface area (Å²) in [6.45, 7) is 3.06. The number of aryl methyl sites for hydroxylation is 1. The van der Waals surface area contributed by atoms with E-state index in [4.69, 9.17) is 4.74 Å². The van der Waals surface area contributed by atoms with Crippen LogP contribution in [0, 0.1) is 6.92 Å². The molecule has 13 heteroatoms. The van der Waals surface area contributed by atoms with Crippen LogP contribution in [-0.4, -0.2) is 50.1 Å². The average Bonchev–Trinajstić information content (AvgIpc) is 3.31. The molecule has 3 aromatic heterocycles. The minimum Gasteiger partial charge on any atom is -0.462 e. The van der Waals surface area contributed by atoms with Crippen molar-refractivity contribution in [3.05, 3.63) is 43.2 Å². The van der Waals surface area contributed by atoms with Crippen LogP contribution >= 0.6 is 11.3 Å². The SMILES string of the molecule is CCOC(=O)c1c(NC(=O)Cn2cnc3c2c(=O)n(C)c(=O)n3C)sc(C(=O)NC)c1C. The van der Waals surface area contributed by atoms with Gasteiger partial charge in [0.1, 0.15) is 11.5 Å². The van der Waals surface area contributed by atoms with Crippen molar-refractivity contribution in [2.75, 3.05) is 19.0 Å². The Bertz CT molecular complexity index is 1360. The molecule has 0 aromatic carbocycles. The van der Waals surface area contributed by atoms with Gasteiger partial charge < -0.3 is 19.9 Å². The molecule has 0 saturated carbocycles. The Morgan fingerprint density at radius 3 is 2.50 bits per heavy atom. The third-order valence-electron chi connectivity index (χ3n) is 4.84. The maximum Gasteiger partial charge on any atom is 0.341 e. The summed E-state index contributed by atoms with van der Waals surface area (Å²) in [7, 11) is 4.27. The van der Waals surface area contributed by atoms with Crippen molar-refractivity contribution in [3.63, 3.8) is 0 Å². The van der Waals surface area contributed by atoms with Gasteiger partial charge in [-0.3, -0.25) is 23.5 Å². The predicted octanol–water partition coefficient (Wildman–Crippen LogP) is -0.0214. The van der Waals surface area contributed by atoms with Crippen molar-refractivity contribution in [1.29, 1.82) is 0 Å². The van der Waals surface area contributed by atoms with Crippen molar-refractivity contribution >= 4 is 45.3 Å². The molecule has 2 N–H and O–H groups in total. The van der Waals surface area contributed by atoms with Crippen LogP contribution in [-0.2, 0) is 30.2 Å². The zero-order valence-corrected chi connectivity index (χ0v) is 19.0. The third kappa shape index (κ3) is 3.82. The number of carbonyl (C=O) groups is 3. The van der Waals surface area contributed by atoms with Crippen LogP contribution in [0.3, 0.4) is 0 Å².